The molecule has 1 unspecified atom stereocenters. The van der Waals surface area contributed by atoms with Crippen molar-refractivity contribution < 1.29 is 19.4 Å². The topological polar surface area (TPSA) is 87.7 Å². The summed E-state index contributed by atoms with van der Waals surface area (Å²) in [7, 11) is 1.51. The predicted octanol–water partition coefficient (Wildman–Crippen LogP) is 2.61. The second-order valence-electron chi connectivity index (χ2n) is 3.86. The molecule has 0 aliphatic rings. The number of urea groups is 1. The maximum atomic E-state index is 11.7. The molecule has 0 radical (unpaired) electrons. The van der Waals surface area contributed by atoms with Gasteiger partial charge in [-0.3, -0.25) is 0 Å². The number of aliphatic carboxylic acids is 1. The van der Waals surface area contributed by atoms with Gasteiger partial charge in [-0.1, -0.05) is 6.08 Å². The second kappa shape index (κ2) is 7.54. The molecule has 2 amide bonds. The van der Waals surface area contributed by atoms with E-state index >= 15 is 0 Å². The quantitative estimate of drug-likeness (QED) is 0.693. The number of hydrogen-bond acceptors (Lipinski definition) is 3. The van der Waals surface area contributed by atoms with Crippen LogP contribution in [0.4, 0.5) is 10.5 Å². The number of nitrogens with one attached hydrogen (secondary N) is 2. The number of rotatable bonds is 6. The van der Waals surface area contributed by atoms with Gasteiger partial charge in [-0.2, -0.15) is 0 Å². The summed E-state index contributed by atoms with van der Waals surface area (Å²) in [5, 5.41) is 13.8. The Labute approximate surface area is 124 Å². The smallest absolute Gasteiger partial charge is 0.326 e. The molecular weight excluding hydrogens is 328 g/mol. The first-order valence-electron chi connectivity index (χ1n) is 5.72. The minimum atomic E-state index is -1.12. The second-order valence-corrected chi connectivity index (χ2v) is 4.72. The van der Waals surface area contributed by atoms with Crippen molar-refractivity contribution in [2.45, 2.75) is 12.5 Å². The Kier molecular flexibility index (Phi) is 6.05. The number of hydrogen-bond donors (Lipinski definition) is 3. The summed E-state index contributed by atoms with van der Waals surface area (Å²) in [5.41, 5.74) is 0.491. The molecule has 0 aromatic heterocycles. The number of methoxy groups -OCH3 is 1. The lowest BCUT2D eigenvalue weighted by atomic mass is 10.2. The van der Waals surface area contributed by atoms with E-state index in [1.807, 2.05) is 0 Å². The van der Waals surface area contributed by atoms with Gasteiger partial charge in [0, 0.05) is 11.8 Å². The van der Waals surface area contributed by atoms with Gasteiger partial charge in [0.05, 0.1) is 11.6 Å². The number of anilines is 1. The Hall–Kier alpha value is -2.02. The van der Waals surface area contributed by atoms with E-state index in [9.17, 15) is 9.59 Å². The standard InChI is InChI=1S/C13H15BrN2O4/c1-3-4-10(12(17)18)16-13(19)15-8-5-6-9(14)11(7-8)20-2/h3,5-7,10H,1,4H2,2H3,(H,17,18)(H2,15,16,19). The Bertz CT molecular complexity index is 519. The molecule has 6 nitrogen and oxygen atoms in total. The van der Waals surface area contributed by atoms with Crippen LogP contribution >= 0.6 is 15.9 Å². The number of amides is 2. The minimum Gasteiger partial charge on any atom is -0.495 e. The zero-order chi connectivity index (χ0) is 15.1. The van der Waals surface area contributed by atoms with Crippen LogP contribution < -0.4 is 15.4 Å². The summed E-state index contributed by atoms with van der Waals surface area (Å²) in [6, 6.07) is 3.38. The van der Waals surface area contributed by atoms with Gasteiger partial charge in [0.1, 0.15) is 11.8 Å². The van der Waals surface area contributed by atoms with Crippen LogP contribution in [0.2, 0.25) is 0 Å². The highest BCUT2D eigenvalue weighted by Gasteiger charge is 2.18. The normalized spacial score (nSPS) is 11.3. The van der Waals surface area contributed by atoms with Gasteiger partial charge in [-0.15, -0.1) is 6.58 Å². The summed E-state index contributed by atoms with van der Waals surface area (Å²) >= 11 is 3.29. The molecule has 1 atom stereocenters. The molecule has 20 heavy (non-hydrogen) atoms. The molecule has 0 bridgehead atoms. The van der Waals surface area contributed by atoms with Crippen molar-refractivity contribution in [2.24, 2.45) is 0 Å². The van der Waals surface area contributed by atoms with E-state index < -0.39 is 18.0 Å². The van der Waals surface area contributed by atoms with Gasteiger partial charge in [0.2, 0.25) is 0 Å². The maximum absolute atomic E-state index is 11.7. The van der Waals surface area contributed by atoms with Crippen LogP contribution in [-0.2, 0) is 4.79 Å². The van der Waals surface area contributed by atoms with Crippen molar-refractivity contribution in [2.75, 3.05) is 12.4 Å². The van der Waals surface area contributed by atoms with Crippen molar-refractivity contribution in [3.63, 3.8) is 0 Å². The van der Waals surface area contributed by atoms with E-state index in [1.54, 1.807) is 18.2 Å². The number of carboxylic acid groups (broad SMARTS) is 1. The number of carboxylic acids is 1. The Morgan fingerprint density at radius 1 is 1.55 bits per heavy atom. The zero-order valence-electron chi connectivity index (χ0n) is 10.9. The average molecular weight is 343 g/mol. The number of carbonyl (C=O) groups is 2. The van der Waals surface area contributed by atoms with E-state index in [4.69, 9.17) is 9.84 Å². The van der Waals surface area contributed by atoms with E-state index in [0.29, 0.717) is 11.4 Å². The summed E-state index contributed by atoms with van der Waals surface area (Å²) < 4.78 is 5.85. The third-order valence-corrected chi connectivity index (χ3v) is 3.07. The molecular formula is C13H15BrN2O4. The summed E-state index contributed by atoms with van der Waals surface area (Å²) in [6.45, 7) is 3.45. The fraction of sp³-hybridized carbons (Fsp3) is 0.231. The van der Waals surface area contributed by atoms with Crippen LogP contribution in [0.25, 0.3) is 0 Å². The number of ether oxygens (including phenoxy) is 1. The SMILES string of the molecule is C=CCC(NC(=O)Nc1ccc(Br)c(OC)c1)C(=O)O. The fourth-order valence-electron chi connectivity index (χ4n) is 1.45. The molecule has 3 N–H and O–H groups in total. The number of benzene rings is 1. The molecule has 0 saturated carbocycles. The van der Waals surface area contributed by atoms with E-state index in [-0.39, 0.29) is 6.42 Å². The van der Waals surface area contributed by atoms with Crippen molar-refractivity contribution in [3.8, 4) is 5.75 Å². The van der Waals surface area contributed by atoms with Crippen LogP contribution in [-0.4, -0.2) is 30.3 Å². The molecule has 1 aromatic carbocycles. The molecule has 0 aliphatic carbocycles. The summed E-state index contributed by atoms with van der Waals surface area (Å²) in [5.74, 6) is -0.558. The average Bonchev–Trinajstić information content (AvgIpc) is 2.40. The lowest BCUT2D eigenvalue weighted by Crippen LogP contribution is -2.42. The number of halogens is 1. The van der Waals surface area contributed by atoms with Gasteiger partial charge in [-0.25, -0.2) is 9.59 Å². The molecule has 0 spiro atoms. The molecule has 0 heterocycles. The first-order valence-corrected chi connectivity index (χ1v) is 6.52. The van der Waals surface area contributed by atoms with Crippen molar-refractivity contribution in [3.05, 3.63) is 35.3 Å². The highest BCUT2D eigenvalue weighted by atomic mass is 79.9. The lowest BCUT2D eigenvalue weighted by Gasteiger charge is -2.14. The first-order chi connectivity index (χ1) is 9.47. The molecule has 108 valence electrons. The van der Waals surface area contributed by atoms with Gasteiger partial charge < -0.3 is 20.5 Å². The van der Waals surface area contributed by atoms with Crippen LogP contribution in [0.1, 0.15) is 6.42 Å². The zero-order valence-corrected chi connectivity index (χ0v) is 12.4. The maximum Gasteiger partial charge on any atom is 0.326 e. The predicted molar refractivity (Wildman–Crippen MR) is 79.1 cm³/mol. The highest BCUT2D eigenvalue weighted by molar-refractivity contribution is 9.10. The Morgan fingerprint density at radius 3 is 2.80 bits per heavy atom. The third-order valence-electron chi connectivity index (χ3n) is 2.41. The van der Waals surface area contributed by atoms with Gasteiger partial charge in [0.25, 0.3) is 0 Å². The first kappa shape index (κ1) is 16.0. The van der Waals surface area contributed by atoms with E-state index in [0.717, 1.165) is 4.47 Å². The highest BCUT2D eigenvalue weighted by Crippen LogP contribution is 2.27. The minimum absolute atomic E-state index is 0.145. The summed E-state index contributed by atoms with van der Waals surface area (Å²) in [4.78, 5) is 22.6. The fourth-order valence-corrected chi connectivity index (χ4v) is 1.86. The van der Waals surface area contributed by atoms with Crippen LogP contribution in [0, 0.1) is 0 Å². The van der Waals surface area contributed by atoms with Crippen molar-refractivity contribution in [1.82, 2.24) is 5.32 Å². The van der Waals surface area contributed by atoms with Crippen LogP contribution in [0.5, 0.6) is 5.75 Å². The van der Waals surface area contributed by atoms with Crippen LogP contribution in [0.3, 0.4) is 0 Å². The van der Waals surface area contributed by atoms with Gasteiger partial charge >= 0.3 is 12.0 Å². The Morgan fingerprint density at radius 2 is 2.25 bits per heavy atom. The van der Waals surface area contributed by atoms with E-state index in [1.165, 1.54) is 13.2 Å². The van der Waals surface area contributed by atoms with E-state index in [2.05, 4.69) is 33.1 Å². The third kappa shape index (κ3) is 4.58. The largest absolute Gasteiger partial charge is 0.495 e. The lowest BCUT2D eigenvalue weighted by molar-refractivity contribution is -0.139. The van der Waals surface area contributed by atoms with Crippen molar-refractivity contribution in [1.29, 1.82) is 0 Å². The molecule has 0 saturated heterocycles. The van der Waals surface area contributed by atoms with Gasteiger partial charge in [-0.05, 0) is 34.5 Å². The molecule has 7 heteroatoms. The van der Waals surface area contributed by atoms with Crippen LogP contribution in [0.15, 0.2) is 35.3 Å². The number of carbonyl (C=O) groups excluding carboxylic acids is 1. The van der Waals surface area contributed by atoms with Crippen molar-refractivity contribution >= 4 is 33.6 Å². The molecule has 1 rings (SSSR count). The van der Waals surface area contributed by atoms with Gasteiger partial charge in [0.15, 0.2) is 0 Å². The summed E-state index contributed by atoms with van der Waals surface area (Å²) in [6.07, 6.45) is 1.58. The molecule has 1 aromatic rings. The monoisotopic (exact) mass is 342 g/mol. The Balaban J connectivity index is 2.70. The molecule has 0 fully saturated rings. The molecule has 0 aliphatic heterocycles.